The third-order valence-corrected chi connectivity index (χ3v) is 2.17. The van der Waals surface area contributed by atoms with Gasteiger partial charge in [0.15, 0.2) is 0 Å². The minimum atomic E-state index is 0.434. The fourth-order valence-corrected chi connectivity index (χ4v) is 1.42. The molecule has 0 spiro atoms. The van der Waals surface area contributed by atoms with Gasteiger partial charge in [0.2, 0.25) is 0 Å². The molecule has 0 saturated carbocycles. The highest BCUT2D eigenvalue weighted by Gasteiger charge is 1.98. The fraction of sp³-hybridized carbons (Fsp3) is 0.500. The van der Waals surface area contributed by atoms with E-state index in [2.05, 4.69) is 36.5 Å². The Kier molecular flexibility index (Phi) is 5.27. The van der Waals surface area contributed by atoms with E-state index >= 15 is 0 Å². The van der Waals surface area contributed by atoms with E-state index in [-0.39, 0.29) is 0 Å². The molecule has 0 amide bonds. The predicted octanol–water partition coefficient (Wildman–Crippen LogP) is 1.85. The van der Waals surface area contributed by atoms with Gasteiger partial charge in [0, 0.05) is 13.2 Å². The minimum Gasteiger partial charge on any atom is -0.383 e. The van der Waals surface area contributed by atoms with Crippen molar-refractivity contribution in [3.8, 4) is 0 Å². The van der Waals surface area contributed by atoms with Gasteiger partial charge in [0.1, 0.15) is 0 Å². The zero-order valence-corrected chi connectivity index (χ0v) is 8.99. The first-order valence-electron chi connectivity index (χ1n) is 5.09. The Bertz CT molecular complexity index is 235. The van der Waals surface area contributed by atoms with Crippen molar-refractivity contribution in [1.82, 2.24) is 5.32 Å². The van der Waals surface area contributed by atoms with Crippen molar-refractivity contribution >= 4 is 0 Å². The molecule has 2 heteroatoms. The Morgan fingerprint density at radius 2 is 2.00 bits per heavy atom. The second-order valence-corrected chi connectivity index (χ2v) is 3.55. The van der Waals surface area contributed by atoms with Gasteiger partial charge in [-0.25, -0.2) is 0 Å². The molecule has 1 N–H and O–H groups in total. The summed E-state index contributed by atoms with van der Waals surface area (Å²) in [6.07, 6.45) is 1.08. The summed E-state index contributed by atoms with van der Waals surface area (Å²) in [6, 6.07) is 10.9. The average molecular weight is 193 g/mol. The molecule has 1 rings (SSSR count). The highest BCUT2D eigenvalue weighted by molar-refractivity contribution is 5.14. The van der Waals surface area contributed by atoms with E-state index in [4.69, 9.17) is 4.74 Å². The monoisotopic (exact) mass is 193 g/mol. The van der Waals surface area contributed by atoms with Crippen LogP contribution in [0.4, 0.5) is 0 Å². The Labute approximate surface area is 86.3 Å². The molecule has 1 aromatic carbocycles. The zero-order chi connectivity index (χ0) is 10.2. The van der Waals surface area contributed by atoms with Gasteiger partial charge in [-0.05, 0) is 25.5 Å². The lowest BCUT2D eigenvalue weighted by atomic mass is 10.1. The standard InChI is InChI=1S/C12H19NO/c1-11(10-14-2)13-9-8-12-6-4-3-5-7-12/h3-7,11,13H,8-10H2,1-2H3/t11-/m0/s1. The van der Waals surface area contributed by atoms with Crippen LogP contribution in [0.15, 0.2) is 30.3 Å². The minimum absolute atomic E-state index is 0.434. The molecule has 0 fully saturated rings. The van der Waals surface area contributed by atoms with Crippen LogP contribution in [0.1, 0.15) is 12.5 Å². The molecule has 2 nitrogen and oxygen atoms in total. The maximum absolute atomic E-state index is 5.04. The van der Waals surface area contributed by atoms with Gasteiger partial charge in [0.25, 0.3) is 0 Å². The second-order valence-electron chi connectivity index (χ2n) is 3.55. The highest BCUT2D eigenvalue weighted by Crippen LogP contribution is 1.98. The van der Waals surface area contributed by atoms with Gasteiger partial charge in [-0.2, -0.15) is 0 Å². The van der Waals surface area contributed by atoms with E-state index in [1.807, 2.05) is 6.07 Å². The van der Waals surface area contributed by atoms with Crippen LogP contribution in [0.3, 0.4) is 0 Å². The summed E-state index contributed by atoms with van der Waals surface area (Å²) in [5, 5.41) is 3.41. The van der Waals surface area contributed by atoms with Crippen molar-refractivity contribution in [2.75, 3.05) is 20.3 Å². The van der Waals surface area contributed by atoms with Crippen LogP contribution in [0.5, 0.6) is 0 Å². The molecular weight excluding hydrogens is 174 g/mol. The predicted molar refractivity (Wildman–Crippen MR) is 59.5 cm³/mol. The molecular formula is C12H19NO. The molecule has 0 radical (unpaired) electrons. The Balaban J connectivity index is 2.16. The van der Waals surface area contributed by atoms with Crippen LogP contribution in [-0.2, 0) is 11.2 Å². The van der Waals surface area contributed by atoms with E-state index in [0.29, 0.717) is 6.04 Å². The lowest BCUT2D eigenvalue weighted by Gasteiger charge is -2.12. The number of rotatable bonds is 6. The third-order valence-electron chi connectivity index (χ3n) is 2.17. The molecule has 0 aliphatic carbocycles. The first kappa shape index (κ1) is 11.2. The smallest absolute Gasteiger partial charge is 0.0613 e. The van der Waals surface area contributed by atoms with E-state index in [9.17, 15) is 0 Å². The van der Waals surface area contributed by atoms with E-state index < -0.39 is 0 Å². The molecule has 0 saturated heterocycles. The van der Waals surface area contributed by atoms with Crippen molar-refractivity contribution in [2.45, 2.75) is 19.4 Å². The summed E-state index contributed by atoms with van der Waals surface area (Å²) in [6.45, 7) is 3.91. The van der Waals surface area contributed by atoms with E-state index in [0.717, 1.165) is 19.6 Å². The lowest BCUT2D eigenvalue weighted by Crippen LogP contribution is -2.31. The van der Waals surface area contributed by atoms with Crippen LogP contribution in [0.2, 0.25) is 0 Å². The lowest BCUT2D eigenvalue weighted by molar-refractivity contribution is 0.172. The molecule has 0 aliphatic heterocycles. The molecule has 0 aromatic heterocycles. The summed E-state index contributed by atoms with van der Waals surface area (Å²) < 4.78 is 5.04. The number of hydrogen-bond donors (Lipinski definition) is 1. The van der Waals surface area contributed by atoms with Crippen molar-refractivity contribution in [3.63, 3.8) is 0 Å². The maximum Gasteiger partial charge on any atom is 0.0613 e. The van der Waals surface area contributed by atoms with Crippen LogP contribution in [0, 0.1) is 0 Å². The zero-order valence-electron chi connectivity index (χ0n) is 8.99. The number of benzene rings is 1. The molecule has 0 heterocycles. The summed E-state index contributed by atoms with van der Waals surface area (Å²) in [4.78, 5) is 0. The summed E-state index contributed by atoms with van der Waals surface area (Å²) in [5.74, 6) is 0. The second kappa shape index (κ2) is 6.57. The van der Waals surface area contributed by atoms with Crippen LogP contribution >= 0.6 is 0 Å². The van der Waals surface area contributed by atoms with Crippen LogP contribution in [0.25, 0.3) is 0 Å². The van der Waals surface area contributed by atoms with Crippen LogP contribution < -0.4 is 5.32 Å². The molecule has 1 atom stereocenters. The van der Waals surface area contributed by atoms with E-state index in [1.165, 1.54) is 5.56 Å². The summed E-state index contributed by atoms with van der Waals surface area (Å²) in [7, 11) is 1.73. The molecule has 1 aromatic rings. The van der Waals surface area contributed by atoms with Gasteiger partial charge in [0.05, 0.1) is 6.61 Å². The van der Waals surface area contributed by atoms with Crippen molar-refractivity contribution < 1.29 is 4.74 Å². The molecule has 0 unspecified atom stereocenters. The van der Waals surface area contributed by atoms with Gasteiger partial charge >= 0.3 is 0 Å². The quantitative estimate of drug-likeness (QED) is 0.744. The number of nitrogens with one attached hydrogen (secondary N) is 1. The topological polar surface area (TPSA) is 21.3 Å². The van der Waals surface area contributed by atoms with Crippen LogP contribution in [-0.4, -0.2) is 26.3 Å². The van der Waals surface area contributed by atoms with Crippen molar-refractivity contribution in [2.24, 2.45) is 0 Å². The summed E-state index contributed by atoms with van der Waals surface area (Å²) in [5.41, 5.74) is 1.38. The van der Waals surface area contributed by atoms with Gasteiger partial charge in [-0.1, -0.05) is 30.3 Å². The molecule has 0 bridgehead atoms. The fourth-order valence-electron chi connectivity index (χ4n) is 1.42. The Hall–Kier alpha value is -0.860. The van der Waals surface area contributed by atoms with Crippen molar-refractivity contribution in [3.05, 3.63) is 35.9 Å². The Morgan fingerprint density at radius 3 is 2.64 bits per heavy atom. The van der Waals surface area contributed by atoms with Gasteiger partial charge in [-0.3, -0.25) is 0 Å². The van der Waals surface area contributed by atoms with Gasteiger partial charge < -0.3 is 10.1 Å². The average Bonchev–Trinajstić information content (AvgIpc) is 2.20. The van der Waals surface area contributed by atoms with Crippen molar-refractivity contribution in [1.29, 1.82) is 0 Å². The first-order chi connectivity index (χ1) is 6.83. The Morgan fingerprint density at radius 1 is 1.29 bits per heavy atom. The third kappa shape index (κ3) is 4.40. The number of hydrogen-bond acceptors (Lipinski definition) is 2. The molecule has 0 aliphatic rings. The van der Waals surface area contributed by atoms with Gasteiger partial charge in [-0.15, -0.1) is 0 Å². The number of ether oxygens (including phenoxy) is 1. The SMILES string of the molecule is COC[C@H](C)NCCc1ccccc1. The van der Waals surface area contributed by atoms with E-state index in [1.54, 1.807) is 7.11 Å². The number of methoxy groups -OCH3 is 1. The molecule has 78 valence electrons. The summed E-state index contributed by atoms with van der Waals surface area (Å²) >= 11 is 0. The highest BCUT2D eigenvalue weighted by atomic mass is 16.5. The molecule has 14 heavy (non-hydrogen) atoms. The largest absolute Gasteiger partial charge is 0.383 e. The first-order valence-corrected chi connectivity index (χ1v) is 5.09. The maximum atomic E-state index is 5.04. The normalized spacial score (nSPS) is 12.7.